The zero-order valence-electron chi connectivity index (χ0n) is 8.78. The highest BCUT2D eigenvalue weighted by Crippen LogP contribution is 2.11. The van der Waals surface area contributed by atoms with Gasteiger partial charge in [-0.25, -0.2) is 0 Å². The minimum atomic E-state index is -0.375. The first kappa shape index (κ1) is 11.5. The van der Waals surface area contributed by atoms with Crippen LogP contribution in [-0.2, 0) is 4.79 Å². The van der Waals surface area contributed by atoms with Gasteiger partial charge in [0.25, 0.3) is 0 Å². The van der Waals surface area contributed by atoms with E-state index in [1.54, 1.807) is 4.90 Å². The predicted molar refractivity (Wildman–Crippen MR) is 54.7 cm³/mol. The van der Waals surface area contributed by atoms with Crippen LogP contribution in [0.25, 0.3) is 0 Å². The van der Waals surface area contributed by atoms with Crippen molar-refractivity contribution in [2.24, 2.45) is 5.73 Å². The minimum absolute atomic E-state index is 0.00463. The Hall–Kier alpha value is -0.610. The van der Waals surface area contributed by atoms with Crippen LogP contribution in [-0.4, -0.2) is 41.1 Å². The van der Waals surface area contributed by atoms with E-state index in [1.807, 2.05) is 0 Å². The fourth-order valence-corrected chi connectivity index (χ4v) is 1.72. The van der Waals surface area contributed by atoms with E-state index >= 15 is 0 Å². The second-order valence-corrected chi connectivity index (χ2v) is 3.98. The Balaban J connectivity index is 2.32. The van der Waals surface area contributed by atoms with E-state index in [0.29, 0.717) is 19.5 Å². The van der Waals surface area contributed by atoms with Crippen molar-refractivity contribution in [2.45, 2.75) is 44.8 Å². The van der Waals surface area contributed by atoms with Gasteiger partial charge >= 0.3 is 0 Å². The smallest absolute Gasteiger partial charge is 0.239 e. The number of nitrogens with two attached hydrogens (primary N) is 1. The second kappa shape index (κ2) is 5.32. The monoisotopic (exact) mass is 200 g/mol. The molecule has 0 saturated carbocycles. The molecule has 1 aliphatic rings. The van der Waals surface area contributed by atoms with Crippen LogP contribution in [0.15, 0.2) is 0 Å². The zero-order chi connectivity index (χ0) is 10.6. The van der Waals surface area contributed by atoms with Crippen LogP contribution >= 0.6 is 0 Å². The molecular weight excluding hydrogens is 180 g/mol. The van der Waals surface area contributed by atoms with E-state index in [1.165, 1.54) is 0 Å². The lowest BCUT2D eigenvalue weighted by atomic mass is 10.1. The highest BCUT2D eigenvalue weighted by atomic mass is 16.3. The Bertz CT molecular complexity index is 197. The first-order chi connectivity index (χ1) is 6.65. The summed E-state index contributed by atoms with van der Waals surface area (Å²) in [6.07, 6.45) is 3.14. The van der Waals surface area contributed by atoms with Gasteiger partial charge in [-0.3, -0.25) is 4.79 Å². The number of carbonyl (C=O) groups is 1. The van der Waals surface area contributed by atoms with Crippen molar-refractivity contribution in [3.05, 3.63) is 0 Å². The van der Waals surface area contributed by atoms with Gasteiger partial charge in [0, 0.05) is 13.1 Å². The topological polar surface area (TPSA) is 66.6 Å². The lowest BCUT2D eigenvalue weighted by Crippen LogP contribution is -2.42. The summed E-state index contributed by atoms with van der Waals surface area (Å²) in [5.41, 5.74) is 5.76. The SMILES string of the molecule is CCCC[C@H](N)C(=O)N1CC[C@H](O)C1. The zero-order valence-corrected chi connectivity index (χ0v) is 8.78. The first-order valence-electron chi connectivity index (χ1n) is 5.37. The molecule has 1 rings (SSSR count). The standard InChI is InChI=1S/C10H20N2O2/c1-2-3-4-9(11)10(14)12-6-5-8(13)7-12/h8-9,13H,2-7,11H2,1H3/t8-,9-/m0/s1. The van der Waals surface area contributed by atoms with E-state index in [4.69, 9.17) is 5.73 Å². The lowest BCUT2D eigenvalue weighted by Gasteiger charge is -2.20. The number of nitrogens with zero attached hydrogens (tertiary/aromatic N) is 1. The summed E-state index contributed by atoms with van der Waals surface area (Å²) in [6.45, 7) is 3.19. The van der Waals surface area contributed by atoms with E-state index in [-0.39, 0.29) is 18.1 Å². The lowest BCUT2D eigenvalue weighted by molar-refractivity contribution is -0.132. The average molecular weight is 200 g/mol. The van der Waals surface area contributed by atoms with Crippen LogP contribution in [0.2, 0.25) is 0 Å². The number of hydrogen-bond acceptors (Lipinski definition) is 3. The molecule has 1 saturated heterocycles. The Morgan fingerprint density at radius 1 is 1.71 bits per heavy atom. The molecular formula is C10H20N2O2. The van der Waals surface area contributed by atoms with Crippen molar-refractivity contribution in [1.29, 1.82) is 0 Å². The number of carbonyl (C=O) groups excluding carboxylic acids is 1. The van der Waals surface area contributed by atoms with Gasteiger partial charge in [0.15, 0.2) is 0 Å². The number of unbranched alkanes of at least 4 members (excludes halogenated alkanes) is 1. The number of β-amino-alcohol motifs (C(OH)–C–C–N with tert-alkyl or cyclic N) is 1. The van der Waals surface area contributed by atoms with Crippen molar-refractivity contribution in [3.63, 3.8) is 0 Å². The molecule has 4 nitrogen and oxygen atoms in total. The molecule has 1 amide bonds. The first-order valence-corrected chi connectivity index (χ1v) is 5.37. The van der Waals surface area contributed by atoms with Crippen LogP contribution < -0.4 is 5.73 Å². The number of hydrogen-bond donors (Lipinski definition) is 2. The van der Waals surface area contributed by atoms with Crippen LogP contribution in [0.1, 0.15) is 32.6 Å². The molecule has 3 N–H and O–H groups in total. The molecule has 0 bridgehead atoms. The Morgan fingerprint density at radius 2 is 2.43 bits per heavy atom. The summed E-state index contributed by atoms with van der Waals surface area (Å²) in [5, 5.41) is 9.27. The Morgan fingerprint density at radius 3 is 2.93 bits per heavy atom. The van der Waals surface area contributed by atoms with E-state index in [2.05, 4.69) is 6.92 Å². The molecule has 1 heterocycles. The highest BCUT2D eigenvalue weighted by Gasteiger charge is 2.27. The normalized spacial score (nSPS) is 23.9. The molecule has 0 unspecified atom stereocenters. The number of likely N-dealkylation sites (tertiary alicyclic amines) is 1. The average Bonchev–Trinajstić information content (AvgIpc) is 2.60. The maximum absolute atomic E-state index is 11.7. The van der Waals surface area contributed by atoms with Crippen LogP contribution in [0.5, 0.6) is 0 Å². The molecule has 2 atom stereocenters. The molecule has 0 aromatic carbocycles. The van der Waals surface area contributed by atoms with Crippen LogP contribution in [0.3, 0.4) is 0 Å². The van der Waals surface area contributed by atoms with Crippen molar-refractivity contribution >= 4 is 5.91 Å². The van der Waals surface area contributed by atoms with Crippen LogP contribution in [0, 0.1) is 0 Å². The fourth-order valence-electron chi connectivity index (χ4n) is 1.72. The van der Waals surface area contributed by atoms with Crippen LogP contribution in [0.4, 0.5) is 0 Å². The number of aliphatic hydroxyl groups is 1. The molecule has 0 aliphatic carbocycles. The number of aliphatic hydroxyl groups excluding tert-OH is 1. The van der Waals surface area contributed by atoms with Gasteiger partial charge < -0.3 is 15.7 Å². The minimum Gasteiger partial charge on any atom is -0.391 e. The summed E-state index contributed by atoms with van der Waals surface area (Å²) in [5.74, 6) is -0.00463. The Labute approximate surface area is 85.1 Å². The summed E-state index contributed by atoms with van der Waals surface area (Å²) in [4.78, 5) is 13.4. The van der Waals surface area contributed by atoms with Crippen molar-refractivity contribution in [2.75, 3.05) is 13.1 Å². The Kier molecular flexibility index (Phi) is 4.35. The van der Waals surface area contributed by atoms with Crippen molar-refractivity contribution in [3.8, 4) is 0 Å². The third kappa shape index (κ3) is 2.96. The molecule has 14 heavy (non-hydrogen) atoms. The van der Waals surface area contributed by atoms with Gasteiger partial charge in [-0.05, 0) is 12.8 Å². The summed E-state index contributed by atoms with van der Waals surface area (Å²) in [7, 11) is 0. The third-order valence-electron chi connectivity index (χ3n) is 2.66. The molecule has 4 heteroatoms. The summed E-state index contributed by atoms with van der Waals surface area (Å²) >= 11 is 0. The van der Waals surface area contributed by atoms with E-state index < -0.39 is 0 Å². The van der Waals surface area contributed by atoms with Gasteiger partial charge in [0.1, 0.15) is 0 Å². The fraction of sp³-hybridized carbons (Fsp3) is 0.900. The molecule has 0 aromatic heterocycles. The largest absolute Gasteiger partial charge is 0.391 e. The van der Waals surface area contributed by atoms with Crippen molar-refractivity contribution < 1.29 is 9.90 Å². The number of amides is 1. The molecule has 0 aromatic rings. The molecule has 1 fully saturated rings. The van der Waals surface area contributed by atoms with Gasteiger partial charge in [0.05, 0.1) is 12.1 Å². The molecule has 0 radical (unpaired) electrons. The molecule has 0 spiro atoms. The summed E-state index contributed by atoms with van der Waals surface area (Å²) in [6, 6.07) is -0.375. The van der Waals surface area contributed by atoms with Gasteiger partial charge in [-0.2, -0.15) is 0 Å². The van der Waals surface area contributed by atoms with E-state index in [9.17, 15) is 9.90 Å². The quantitative estimate of drug-likeness (QED) is 0.676. The van der Waals surface area contributed by atoms with E-state index in [0.717, 1.165) is 19.3 Å². The molecule has 82 valence electrons. The van der Waals surface area contributed by atoms with Gasteiger partial charge in [0.2, 0.25) is 5.91 Å². The second-order valence-electron chi connectivity index (χ2n) is 3.98. The van der Waals surface area contributed by atoms with Gasteiger partial charge in [-0.15, -0.1) is 0 Å². The summed E-state index contributed by atoms with van der Waals surface area (Å²) < 4.78 is 0. The maximum atomic E-state index is 11.7. The predicted octanol–water partition coefficient (Wildman–Crippen LogP) is 0.0971. The highest BCUT2D eigenvalue weighted by molar-refractivity contribution is 5.81. The van der Waals surface area contributed by atoms with Gasteiger partial charge in [-0.1, -0.05) is 19.8 Å². The number of rotatable bonds is 4. The maximum Gasteiger partial charge on any atom is 0.239 e. The third-order valence-corrected chi connectivity index (χ3v) is 2.66. The molecule has 1 aliphatic heterocycles. The van der Waals surface area contributed by atoms with Crippen molar-refractivity contribution in [1.82, 2.24) is 4.90 Å².